The van der Waals surface area contributed by atoms with Gasteiger partial charge in [-0.3, -0.25) is 0 Å². The average Bonchev–Trinajstić information content (AvgIpc) is 2.12. The molecule has 0 radical (unpaired) electrons. The van der Waals surface area contributed by atoms with Crippen LogP contribution >= 0.6 is 11.3 Å². The van der Waals surface area contributed by atoms with Crippen LogP contribution in [0.3, 0.4) is 0 Å². The first-order valence-corrected chi connectivity index (χ1v) is 3.41. The van der Waals surface area contributed by atoms with Crippen LogP contribution < -0.4 is 0 Å². The van der Waals surface area contributed by atoms with Crippen molar-refractivity contribution in [1.29, 1.82) is 0 Å². The highest BCUT2D eigenvalue weighted by Crippen LogP contribution is 2.18. The van der Waals surface area contributed by atoms with Crippen molar-refractivity contribution < 1.29 is 4.39 Å². The summed E-state index contributed by atoms with van der Waals surface area (Å²) in [5.74, 6) is 0. The van der Waals surface area contributed by atoms with Crippen molar-refractivity contribution >= 4 is 11.3 Å². The standard InChI is InChI=1S/C6H7FS/c1-5(7)6-2-3-8-4-6/h2-5H,1H3. The minimum atomic E-state index is -0.804. The van der Waals surface area contributed by atoms with Gasteiger partial charge < -0.3 is 0 Å². The monoisotopic (exact) mass is 130 g/mol. The van der Waals surface area contributed by atoms with Gasteiger partial charge in [0, 0.05) is 0 Å². The molecular weight excluding hydrogens is 123 g/mol. The third-order valence-electron chi connectivity index (χ3n) is 1.00. The van der Waals surface area contributed by atoms with Gasteiger partial charge in [0.2, 0.25) is 0 Å². The first kappa shape index (κ1) is 5.76. The van der Waals surface area contributed by atoms with E-state index >= 15 is 0 Å². The van der Waals surface area contributed by atoms with Gasteiger partial charge >= 0.3 is 0 Å². The molecule has 0 aliphatic heterocycles. The number of halogens is 1. The van der Waals surface area contributed by atoms with E-state index < -0.39 is 6.17 Å². The van der Waals surface area contributed by atoms with Crippen LogP contribution in [0.5, 0.6) is 0 Å². The Morgan fingerprint density at radius 2 is 2.50 bits per heavy atom. The van der Waals surface area contributed by atoms with Crippen molar-refractivity contribution in [1.82, 2.24) is 0 Å². The summed E-state index contributed by atoms with van der Waals surface area (Å²) in [6.07, 6.45) is -0.804. The molecule has 0 fully saturated rings. The molecule has 0 aliphatic carbocycles. The predicted molar refractivity (Wildman–Crippen MR) is 33.8 cm³/mol. The molecule has 0 saturated carbocycles. The second-order valence-electron chi connectivity index (χ2n) is 1.67. The van der Waals surface area contributed by atoms with Gasteiger partial charge in [-0.15, -0.1) is 0 Å². The fraction of sp³-hybridized carbons (Fsp3) is 0.333. The smallest absolute Gasteiger partial charge is 0.123 e. The number of thiophene rings is 1. The lowest BCUT2D eigenvalue weighted by atomic mass is 10.2. The van der Waals surface area contributed by atoms with Crippen molar-refractivity contribution in [2.75, 3.05) is 0 Å². The summed E-state index contributed by atoms with van der Waals surface area (Å²) in [4.78, 5) is 0. The first-order chi connectivity index (χ1) is 3.80. The summed E-state index contributed by atoms with van der Waals surface area (Å²) in [5, 5.41) is 3.70. The Kier molecular flexibility index (Phi) is 1.63. The van der Waals surface area contributed by atoms with Crippen molar-refractivity contribution in [2.45, 2.75) is 13.1 Å². The van der Waals surface area contributed by atoms with E-state index in [-0.39, 0.29) is 0 Å². The van der Waals surface area contributed by atoms with Crippen LogP contribution in [0.25, 0.3) is 0 Å². The Morgan fingerprint density at radius 3 is 2.75 bits per heavy atom. The maximum absolute atomic E-state index is 12.3. The van der Waals surface area contributed by atoms with E-state index in [1.54, 1.807) is 13.0 Å². The molecule has 8 heavy (non-hydrogen) atoms. The summed E-state index contributed by atoms with van der Waals surface area (Å²) >= 11 is 1.53. The van der Waals surface area contributed by atoms with Crippen molar-refractivity contribution in [3.8, 4) is 0 Å². The Labute approximate surface area is 52.0 Å². The molecule has 1 aromatic heterocycles. The molecular formula is C6H7FS. The largest absolute Gasteiger partial charge is 0.243 e. The van der Waals surface area contributed by atoms with E-state index in [1.165, 1.54) is 11.3 Å². The van der Waals surface area contributed by atoms with Gasteiger partial charge in [0.15, 0.2) is 0 Å². The van der Waals surface area contributed by atoms with Crippen LogP contribution in [0.1, 0.15) is 18.7 Å². The van der Waals surface area contributed by atoms with Gasteiger partial charge in [0.1, 0.15) is 6.17 Å². The third-order valence-corrected chi connectivity index (χ3v) is 1.70. The van der Waals surface area contributed by atoms with Gasteiger partial charge in [-0.25, -0.2) is 4.39 Å². The Morgan fingerprint density at radius 1 is 1.75 bits per heavy atom. The number of rotatable bonds is 1. The Hall–Kier alpha value is -0.370. The van der Waals surface area contributed by atoms with E-state index in [9.17, 15) is 4.39 Å². The second kappa shape index (κ2) is 2.27. The van der Waals surface area contributed by atoms with E-state index in [2.05, 4.69) is 0 Å². The van der Waals surface area contributed by atoms with Crippen molar-refractivity contribution in [3.05, 3.63) is 22.4 Å². The number of alkyl halides is 1. The zero-order valence-corrected chi connectivity index (χ0v) is 5.41. The predicted octanol–water partition coefficient (Wildman–Crippen LogP) is 2.78. The lowest BCUT2D eigenvalue weighted by molar-refractivity contribution is 0.375. The number of hydrogen-bond acceptors (Lipinski definition) is 1. The van der Waals surface area contributed by atoms with Crippen LogP contribution in [0, 0.1) is 0 Å². The van der Waals surface area contributed by atoms with E-state index in [0.29, 0.717) is 0 Å². The molecule has 1 atom stereocenters. The Balaban J connectivity index is 2.77. The molecule has 0 amide bonds. The minimum Gasteiger partial charge on any atom is -0.243 e. The van der Waals surface area contributed by atoms with Gasteiger partial charge in [-0.1, -0.05) is 0 Å². The maximum Gasteiger partial charge on any atom is 0.123 e. The molecule has 0 nitrogen and oxygen atoms in total. The van der Waals surface area contributed by atoms with E-state index in [4.69, 9.17) is 0 Å². The normalized spacial score (nSPS) is 13.8. The van der Waals surface area contributed by atoms with Gasteiger partial charge in [0.05, 0.1) is 0 Å². The zero-order valence-electron chi connectivity index (χ0n) is 4.60. The maximum atomic E-state index is 12.3. The van der Waals surface area contributed by atoms with E-state index in [0.717, 1.165) is 5.56 Å². The molecule has 0 N–H and O–H groups in total. The Bertz CT molecular complexity index is 144. The summed E-state index contributed by atoms with van der Waals surface area (Å²) in [6.45, 7) is 1.54. The molecule has 1 aromatic rings. The van der Waals surface area contributed by atoms with Crippen LogP contribution in [0.15, 0.2) is 16.8 Å². The molecule has 2 heteroatoms. The molecule has 1 heterocycles. The third kappa shape index (κ3) is 1.07. The fourth-order valence-electron chi connectivity index (χ4n) is 0.501. The van der Waals surface area contributed by atoms with Crippen LogP contribution in [-0.2, 0) is 0 Å². The molecule has 0 spiro atoms. The molecule has 44 valence electrons. The highest BCUT2D eigenvalue weighted by atomic mass is 32.1. The van der Waals surface area contributed by atoms with Gasteiger partial charge in [-0.05, 0) is 29.3 Å². The van der Waals surface area contributed by atoms with Crippen molar-refractivity contribution in [2.24, 2.45) is 0 Å². The minimum absolute atomic E-state index is 0.787. The van der Waals surface area contributed by atoms with Gasteiger partial charge in [-0.2, -0.15) is 11.3 Å². The topological polar surface area (TPSA) is 0 Å². The summed E-state index contributed by atoms with van der Waals surface area (Å²) < 4.78 is 12.3. The van der Waals surface area contributed by atoms with Crippen LogP contribution in [-0.4, -0.2) is 0 Å². The molecule has 0 aromatic carbocycles. The number of hydrogen-bond donors (Lipinski definition) is 0. The highest BCUT2D eigenvalue weighted by Gasteiger charge is 1.99. The average molecular weight is 130 g/mol. The van der Waals surface area contributed by atoms with Gasteiger partial charge in [0.25, 0.3) is 0 Å². The summed E-state index contributed by atoms with van der Waals surface area (Å²) in [6, 6.07) is 1.80. The molecule has 1 unspecified atom stereocenters. The summed E-state index contributed by atoms with van der Waals surface area (Å²) in [5.41, 5.74) is 0.787. The second-order valence-corrected chi connectivity index (χ2v) is 2.45. The molecule has 1 rings (SSSR count). The van der Waals surface area contributed by atoms with Crippen LogP contribution in [0.2, 0.25) is 0 Å². The molecule has 0 bridgehead atoms. The van der Waals surface area contributed by atoms with Crippen LogP contribution in [0.4, 0.5) is 4.39 Å². The lowest BCUT2D eigenvalue weighted by Gasteiger charge is -1.91. The fourth-order valence-corrected chi connectivity index (χ4v) is 1.24. The molecule has 0 saturated heterocycles. The SMILES string of the molecule is CC(F)c1ccsc1. The quantitative estimate of drug-likeness (QED) is 0.548. The van der Waals surface area contributed by atoms with E-state index in [1.807, 2.05) is 10.8 Å². The lowest BCUT2D eigenvalue weighted by Crippen LogP contribution is -1.76. The first-order valence-electron chi connectivity index (χ1n) is 2.47. The molecule has 0 aliphatic rings. The zero-order chi connectivity index (χ0) is 5.98. The highest BCUT2D eigenvalue weighted by molar-refractivity contribution is 7.07. The van der Waals surface area contributed by atoms with Crippen molar-refractivity contribution in [3.63, 3.8) is 0 Å². The summed E-state index contributed by atoms with van der Waals surface area (Å²) in [7, 11) is 0.